The van der Waals surface area contributed by atoms with E-state index in [2.05, 4.69) is 59.9 Å². The van der Waals surface area contributed by atoms with Gasteiger partial charge in [0, 0.05) is 18.0 Å². The van der Waals surface area contributed by atoms with Gasteiger partial charge in [0.2, 0.25) is 0 Å². The second-order valence-corrected chi connectivity index (χ2v) is 6.18. The fraction of sp³-hybridized carbons (Fsp3) is 0.368. The first-order chi connectivity index (χ1) is 10.4. The van der Waals surface area contributed by atoms with Gasteiger partial charge in [0.15, 0.2) is 0 Å². The van der Waals surface area contributed by atoms with E-state index in [1.165, 1.54) is 17.5 Å². The minimum Gasteiger partial charge on any atom is -0.493 e. The molecule has 3 unspecified atom stereocenters. The van der Waals surface area contributed by atoms with Crippen molar-refractivity contribution in [1.82, 2.24) is 5.32 Å². The van der Waals surface area contributed by atoms with Crippen LogP contribution >= 0.6 is 0 Å². The van der Waals surface area contributed by atoms with Crippen LogP contribution in [-0.2, 0) is 6.42 Å². The molecule has 2 aliphatic rings. The van der Waals surface area contributed by atoms with Crippen molar-refractivity contribution in [3.63, 3.8) is 0 Å². The van der Waals surface area contributed by atoms with Crippen LogP contribution in [0, 0.1) is 0 Å². The molecule has 4 rings (SSSR count). The maximum Gasteiger partial charge on any atom is 0.122 e. The van der Waals surface area contributed by atoms with E-state index in [0.29, 0.717) is 18.0 Å². The van der Waals surface area contributed by atoms with Crippen LogP contribution in [0.25, 0.3) is 0 Å². The molecule has 2 aromatic rings. The van der Waals surface area contributed by atoms with E-state index in [0.717, 1.165) is 25.2 Å². The highest BCUT2D eigenvalue weighted by Gasteiger charge is 2.37. The predicted octanol–water partition coefficient (Wildman–Crippen LogP) is 3.53. The van der Waals surface area contributed by atoms with Crippen molar-refractivity contribution < 1.29 is 4.74 Å². The molecule has 0 saturated carbocycles. The monoisotopic (exact) mass is 279 g/mol. The number of hydrogen-bond acceptors (Lipinski definition) is 2. The van der Waals surface area contributed by atoms with Gasteiger partial charge in [-0.25, -0.2) is 0 Å². The number of ether oxygens (including phenoxy) is 1. The minimum atomic E-state index is 0.558. The summed E-state index contributed by atoms with van der Waals surface area (Å²) in [5.41, 5.74) is 2.82. The van der Waals surface area contributed by atoms with Crippen molar-refractivity contribution in [3.8, 4) is 5.75 Å². The summed E-state index contributed by atoms with van der Waals surface area (Å²) in [4.78, 5) is 0. The Morgan fingerprint density at radius 1 is 1.00 bits per heavy atom. The lowest BCUT2D eigenvalue weighted by atomic mass is 9.88. The maximum atomic E-state index is 5.90. The van der Waals surface area contributed by atoms with Crippen LogP contribution < -0.4 is 10.1 Å². The second kappa shape index (κ2) is 5.53. The number of fused-ring (bicyclic) bond motifs is 3. The summed E-state index contributed by atoms with van der Waals surface area (Å²) in [5, 5.41) is 3.84. The molecule has 0 bridgehead atoms. The third kappa shape index (κ3) is 2.56. The Balaban J connectivity index is 1.55. The van der Waals surface area contributed by atoms with Crippen LogP contribution in [0.5, 0.6) is 5.75 Å². The van der Waals surface area contributed by atoms with Crippen molar-refractivity contribution in [1.29, 1.82) is 0 Å². The summed E-state index contributed by atoms with van der Waals surface area (Å²) in [7, 11) is 0. The van der Waals surface area contributed by atoms with Crippen LogP contribution in [0.2, 0.25) is 0 Å². The van der Waals surface area contributed by atoms with E-state index < -0.39 is 0 Å². The van der Waals surface area contributed by atoms with Gasteiger partial charge in [-0.2, -0.15) is 0 Å². The van der Waals surface area contributed by atoms with E-state index >= 15 is 0 Å². The normalized spacial score (nSPS) is 27.3. The lowest BCUT2D eigenvalue weighted by molar-refractivity contribution is 0.301. The lowest BCUT2D eigenvalue weighted by Crippen LogP contribution is -2.32. The molecule has 1 fully saturated rings. The third-order valence-corrected chi connectivity index (χ3v) is 4.80. The largest absolute Gasteiger partial charge is 0.493 e. The molecular weight excluding hydrogens is 258 g/mol. The predicted molar refractivity (Wildman–Crippen MR) is 84.8 cm³/mol. The van der Waals surface area contributed by atoms with Crippen molar-refractivity contribution in [2.75, 3.05) is 6.61 Å². The Hall–Kier alpha value is -1.80. The minimum absolute atomic E-state index is 0.558. The summed E-state index contributed by atoms with van der Waals surface area (Å²) >= 11 is 0. The SMILES string of the molecule is c1ccc(CC2CC3c4ccccc4OCCC3N2)cc1. The lowest BCUT2D eigenvalue weighted by Gasteiger charge is -2.16. The summed E-state index contributed by atoms with van der Waals surface area (Å²) in [6.07, 6.45) is 3.43. The van der Waals surface area contributed by atoms with Gasteiger partial charge in [0.1, 0.15) is 5.75 Å². The maximum absolute atomic E-state index is 5.90. The van der Waals surface area contributed by atoms with Crippen LogP contribution in [0.4, 0.5) is 0 Å². The van der Waals surface area contributed by atoms with Gasteiger partial charge in [-0.15, -0.1) is 0 Å². The zero-order chi connectivity index (χ0) is 14.1. The molecule has 2 aromatic carbocycles. The molecule has 2 heterocycles. The van der Waals surface area contributed by atoms with Gasteiger partial charge in [0.05, 0.1) is 6.61 Å². The second-order valence-electron chi connectivity index (χ2n) is 6.18. The standard InChI is InChI=1S/C19H21NO/c1-2-6-14(7-3-1)12-15-13-17-16-8-4-5-9-19(16)21-11-10-18(17)20-15/h1-9,15,17-18,20H,10-13H2. The van der Waals surface area contributed by atoms with Crippen LogP contribution in [0.15, 0.2) is 54.6 Å². The molecule has 2 heteroatoms. The molecule has 3 atom stereocenters. The topological polar surface area (TPSA) is 21.3 Å². The zero-order valence-corrected chi connectivity index (χ0v) is 12.2. The molecule has 0 aliphatic carbocycles. The first-order valence-corrected chi connectivity index (χ1v) is 7.92. The number of benzene rings is 2. The van der Waals surface area contributed by atoms with E-state index in [4.69, 9.17) is 4.74 Å². The van der Waals surface area contributed by atoms with E-state index in [9.17, 15) is 0 Å². The number of hydrogen-bond donors (Lipinski definition) is 1. The smallest absolute Gasteiger partial charge is 0.122 e. The van der Waals surface area contributed by atoms with Gasteiger partial charge in [-0.1, -0.05) is 48.5 Å². The average Bonchev–Trinajstić information content (AvgIpc) is 2.83. The molecule has 1 saturated heterocycles. The fourth-order valence-electron chi connectivity index (χ4n) is 3.84. The van der Waals surface area contributed by atoms with Crippen molar-refractivity contribution in [3.05, 3.63) is 65.7 Å². The molecule has 1 N–H and O–H groups in total. The van der Waals surface area contributed by atoms with E-state index in [1.54, 1.807) is 0 Å². The average molecular weight is 279 g/mol. The van der Waals surface area contributed by atoms with Gasteiger partial charge >= 0.3 is 0 Å². The van der Waals surface area contributed by atoms with Crippen LogP contribution in [0.1, 0.15) is 29.9 Å². The van der Waals surface area contributed by atoms with Crippen LogP contribution in [0.3, 0.4) is 0 Å². The first-order valence-electron chi connectivity index (χ1n) is 7.92. The number of rotatable bonds is 2. The first kappa shape index (κ1) is 12.9. The summed E-state index contributed by atoms with van der Waals surface area (Å²) in [6.45, 7) is 0.823. The molecule has 0 radical (unpaired) electrons. The van der Waals surface area contributed by atoms with Crippen LogP contribution in [-0.4, -0.2) is 18.7 Å². The summed E-state index contributed by atoms with van der Waals surface area (Å²) in [6, 6.07) is 20.5. The number of para-hydroxylation sites is 1. The van der Waals surface area contributed by atoms with Crippen molar-refractivity contribution in [2.45, 2.75) is 37.3 Å². The highest BCUT2D eigenvalue weighted by atomic mass is 16.5. The highest BCUT2D eigenvalue weighted by Crippen LogP contribution is 2.40. The molecule has 2 nitrogen and oxygen atoms in total. The van der Waals surface area contributed by atoms with E-state index in [-0.39, 0.29) is 0 Å². The Morgan fingerprint density at radius 2 is 1.81 bits per heavy atom. The Kier molecular flexibility index (Phi) is 3.40. The molecular formula is C19H21NO. The summed E-state index contributed by atoms with van der Waals surface area (Å²) < 4.78 is 5.90. The molecule has 108 valence electrons. The Labute approximate surface area is 126 Å². The van der Waals surface area contributed by atoms with Crippen molar-refractivity contribution >= 4 is 0 Å². The Morgan fingerprint density at radius 3 is 2.71 bits per heavy atom. The molecule has 21 heavy (non-hydrogen) atoms. The zero-order valence-electron chi connectivity index (χ0n) is 12.2. The van der Waals surface area contributed by atoms with E-state index in [1.807, 2.05) is 0 Å². The van der Waals surface area contributed by atoms with Gasteiger partial charge in [-0.3, -0.25) is 0 Å². The van der Waals surface area contributed by atoms with Gasteiger partial charge in [0.25, 0.3) is 0 Å². The third-order valence-electron chi connectivity index (χ3n) is 4.80. The molecule has 2 aliphatic heterocycles. The molecule has 0 aromatic heterocycles. The quantitative estimate of drug-likeness (QED) is 0.908. The van der Waals surface area contributed by atoms with Gasteiger partial charge < -0.3 is 10.1 Å². The van der Waals surface area contributed by atoms with Gasteiger partial charge in [-0.05, 0) is 36.5 Å². The highest BCUT2D eigenvalue weighted by molar-refractivity contribution is 5.39. The molecule has 0 amide bonds. The Bertz CT molecular complexity index is 610. The van der Waals surface area contributed by atoms with Crippen molar-refractivity contribution in [2.24, 2.45) is 0 Å². The summed E-state index contributed by atoms with van der Waals surface area (Å²) in [5.74, 6) is 1.68. The number of nitrogens with one attached hydrogen (secondary N) is 1. The fourth-order valence-corrected chi connectivity index (χ4v) is 3.84. The molecule has 0 spiro atoms.